The van der Waals surface area contributed by atoms with Gasteiger partial charge in [0.15, 0.2) is 5.58 Å². The molecule has 5 nitrogen and oxygen atoms in total. The van der Waals surface area contributed by atoms with E-state index < -0.39 is 0 Å². The summed E-state index contributed by atoms with van der Waals surface area (Å²) in [6.45, 7) is 0.922. The zero-order valence-electron chi connectivity index (χ0n) is 11.3. The number of nitrogens with two attached hydrogens (primary N) is 1. The lowest BCUT2D eigenvalue weighted by Gasteiger charge is -2.23. The highest BCUT2D eigenvalue weighted by molar-refractivity contribution is 5.73. The second-order valence-electron chi connectivity index (χ2n) is 5.52. The first-order valence-electron chi connectivity index (χ1n) is 6.57. The van der Waals surface area contributed by atoms with Crippen molar-refractivity contribution in [3.05, 3.63) is 34.3 Å². The Labute approximate surface area is 111 Å². The molecule has 102 valence electrons. The Morgan fingerprint density at radius 1 is 1.53 bits per heavy atom. The maximum Gasteiger partial charge on any atom is 0.419 e. The standard InChI is InChI=1S/C14H19N3O2/c1-16-8-14(5-6-14)12(15)9-3-4-10-11(7-9)19-13(18)17(10)2/h3-4,7,12,16H,5-6,8,15H2,1-2H3. The quantitative estimate of drug-likeness (QED) is 0.865. The van der Waals surface area contributed by atoms with Gasteiger partial charge in [-0.2, -0.15) is 0 Å². The molecule has 0 spiro atoms. The maximum atomic E-state index is 11.5. The molecule has 0 radical (unpaired) electrons. The van der Waals surface area contributed by atoms with Gasteiger partial charge in [0.1, 0.15) is 0 Å². The fourth-order valence-corrected chi connectivity index (χ4v) is 2.81. The van der Waals surface area contributed by atoms with Gasteiger partial charge in [-0.1, -0.05) is 6.07 Å². The molecule has 1 saturated carbocycles. The van der Waals surface area contributed by atoms with E-state index in [1.807, 2.05) is 25.2 Å². The third kappa shape index (κ3) is 1.89. The minimum atomic E-state index is -0.336. The van der Waals surface area contributed by atoms with Gasteiger partial charge in [-0.05, 0) is 37.6 Å². The van der Waals surface area contributed by atoms with Crippen LogP contribution in [0.15, 0.2) is 27.4 Å². The Hall–Kier alpha value is -1.59. The highest BCUT2D eigenvalue weighted by Crippen LogP contribution is 2.53. The average Bonchev–Trinajstić information content (AvgIpc) is 3.12. The van der Waals surface area contributed by atoms with E-state index in [2.05, 4.69) is 5.32 Å². The van der Waals surface area contributed by atoms with Crippen LogP contribution in [0.4, 0.5) is 0 Å². The van der Waals surface area contributed by atoms with Gasteiger partial charge in [0.2, 0.25) is 0 Å². The predicted octanol–water partition coefficient (Wildman–Crippen LogP) is 1.13. The summed E-state index contributed by atoms with van der Waals surface area (Å²) in [4.78, 5) is 11.5. The number of hydrogen-bond acceptors (Lipinski definition) is 4. The molecular weight excluding hydrogens is 242 g/mol. The summed E-state index contributed by atoms with van der Waals surface area (Å²) < 4.78 is 6.72. The molecule has 1 heterocycles. The van der Waals surface area contributed by atoms with E-state index in [1.165, 1.54) is 4.57 Å². The number of fused-ring (bicyclic) bond motifs is 1. The molecular formula is C14H19N3O2. The Bertz CT molecular complexity index is 667. The van der Waals surface area contributed by atoms with Crippen LogP contribution in [0.5, 0.6) is 0 Å². The minimum Gasteiger partial charge on any atom is -0.408 e. The van der Waals surface area contributed by atoms with E-state index in [0.29, 0.717) is 5.58 Å². The SMILES string of the molecule is CNCC1(C(N)c2ccc3c(c2)oc(=O)n3C)CC1. The molecule has 2 aromatic rings. The van der Waals surface area contributed by atoms with Crippen molar-refractivity contribution in [3.63, 3.8) is 0 Å². The maximum absolute atomic E-state index is 11.5. The number of nitrogens with one attached hydrogen (secondary N) is 1. The van der Waals surface area contributed by atoms with E-state index in [9.17, 15) is 4.79 Å². The first-order valence-corrected chi connectivity index (χ1v) is 6.57. The van der Waals surface area contributed by atoms with Crippen molar-refractivity contribution in [2.75, 3.05) is 13.6 Å². The van der Waals surface area contributed by atoms with Crippen LogP contribution in [0, 0.1) is 5.41 Å². The number of aromatic nitrogens is 1. The summed E-state index contributed by atoms with van der Waals surface area (Å²) in [5.41, 5.74) is 9.01. The number of benzene rings is 1. The van der Waals surface area contributed by atoms with E-state index in [1.54, 1.807) is 7.05 Å². The number of nitrogens with zero attached hydrogens (tertiary/aromatic N) is 1. The molecule has 5 heteroatoms. The lowest BCUT2D eigenvalue weighted by atomic mass is 9.90. The third-order valence-corrected chi connectivity index (χ3v) is 4.26. The summed E-state index contributed by atoms with van der Waals surface area (Å²) in [5.74, 6) is -0.336. The highest BCUT2D eigenvalue weighted by Gasteiger charge is 2.47. The summed E-state index contributed by atoms with van der Waals surface area (Å²) in [7, 11) is 3.66. The van der Waals surface area contributed by atoms with Gasteiger partial charge in [0, 0.05) is 25.0 Å². The normalized spacial score (nSPS) is 18.7. The molecule has 1 fully saturated rings. The summed E-state index contributed by atoms with van der Waals surface area (Å²) in [5, 5.41) is 3.21. The lowest BCUT2D eigenvalue weighted by molar-refractivity contribution is 0.392. The van der Waals surface area contributed by atoms with Crippen LogP contribution in [0.2, 0.25) is 0 Å². The van der Waals surface area contributed by atoms with Crippen molar-refractivity contribution in [2.24, 2.45) is 18.2 Å². The Kier molecular flexibility index (Phi) is 2.76. The summed E-state index contributed by atoms with van der Waals surface area (Å²) in [6.07, 6.45) is 2.29. The van der Waals surface area contributed by atoms with Gasteiger partial charge in [-0.25, -0.2) is 4.79 Å². The Morgan fingerprint density at radius 2 is 2.26 bits per heavy atom. The second-order valence-corrected chi connectivity index (χ2v) is 5.52. The first-order chi connectivity index (χ1) is 9.07. The molecule has 0 saturated heterocycles. The molecule has 0 bridgehead atoms. The van der Waals surface area contributed by atoms with Crippen molar-refractivity contribution in [1.29, 1.82) is 0 Å². The van der Waals surface area contributed by atoms with Gasteiger partial charge < -0.3 is 15.5 Å². The number of oxazole rings is 1. The van der Waals surface area contributed by atoms with Gasteiger partial charge in [0.05, 0.1) is 5.52 Å². The molecule has 1 unspecified atom stereocenters. The zero-order chi connectivity index (χ0) is 13.6. The van der Waals surface area contributed by atoms with E-state index in [0.717, 1.165) is 30.5 Å². The van der Waals surface area contributed by atoms with Crippen LogP contribution >= 0.6 is 0 Å². The predicted molar refractivity (Wildman–Crippen MR) is 74.0 cm³/mol. The van der Waals surface area contributed by atoms with Crippen molar-refractivity contribution >= 4 is 11.1 Å². The van der Waals surface area contributed by atoms with Crippen LogP contribution < -0.4 is 16.8 Å². The molecule has 1 aromatic carbocycles. The van der Waals surface area contributed by atoms with Crippen LogP contribution in [0.1, 0.15) is 24.4 Å². The smallest absolute Gasteiger partial charge is 0.408 e. The van der Waals surface area contributed by atoms with Gasteiger partial charge >= 0.3 is 5.76 Å². The molecule has 1 aliphatic carbocycles. The van der Waals surface area contributed by atoms with Crippen molar-refractivity contribution in [1.82, 2.24) is 9.88 Å². The third-order valence-electron chi connectivity index (χ3n) is 4.26. The molecule has 1 atom stereocenters. The van der Waals surface area contributed by atoms with Crippen molar-refractivity contribution in [3.8, 4) is 0 Å². The van der Waals surface area contributed by atoms with Gasteiger partial charge in [-0.15, -0.1) is 0 Å². The lowest BCUT2D eigenvalue weighted by Crippen LogP contribution is -2.31. The fourth-order valence-electron chi connectivity index (χ4n) is 2.81. The summed E-state index contributed by atoms with van der Waals surface area (Å²) >= 11 is 0. The molecule has 0 aliphatic heterocycles. The van der Waals surface area contributed by atoms with Crippen LogP contribution in [-0.2, 0) is 7.05 Å². The monoisotopic (exact) mass is 261 g/mol. The van der Waals surface area contributed by atoms with E-state index >= 15 is 0 Å². The van der Waals surface area contributed by atoms with Crippen molar-refractivity contribution < 1.29 is 4.42 Å². The average molecular weight is 261 g/mol. The summed E-state index contributed by atoms with van der Waals surface area (Å²) in [6, 6.07) is 5.79. The first kappa shape index (κ1) is 12.4. The van der Waals surface area contributed by atoms with Crippen LogP contribution in [0.25, 0.3) is 11.1 Å². The van der Waals surface area contributed by atoms with Crippen LogP contribution in [0.3, 0.4) is 0 Å². The molecule has 3 N–H and O–H groups in total. The van der Waals surface area contributed by atoms with E-state index in [4.69, 9.17) is 10.2 Å². The fraction of sp³-hybridized carbons (Fsp3) is 0.500. The van der Waals surface area contributed by atoms with Crippen LogP contribution in [-0.4, -0.2) is 18.2 Å². The Balaban J connectivity index is 1.99. The number of hydrogen-bond donors (Lipinski definition) is 2. The highest BCUT2D eigenvalue weighted by atomic mass is 16.4. The topological polar surface area (TPSA) is 73.2 Å². The number of rotatable bonds is 4. The second kappa shape index (κ2) is 4.21. The molecule has 19 heavy (non-hydrogen) atoms. The van der Waals surface area contributed by atoms with Crippen molar-refractivity contribution in [2.45, 2.75) is 18.9 Å². The molecule has 1 aliphatic rings. The van der Waals surface area contributed by atoms with Gasteiger partial charge in [0.25, 0.3) is 0 Å². The molecule has 3 rings (SSSR count). The number of aryl methyl sites for hydroxylation is 1. The van der Waals surface area contributed by atoms with E-state index in [-0.39, 0.29) is 17.2 Å². The Morgan fingerprint density at radius 3 is 2.89 bits per heavy atom. The molecule has 0 amide bonds. The molecule has 1 aromatic heterocycles. The zero-order valence-corrected chi connectivity index (χ0v) is 11.3. The minimum absolute atomic E-state index is 0.0186. The largest absolute Gasteiger partial charge is 0.419 e. The van der Waals surface area contributed by atoms with Gasteiger partial charge in [-0.3, -0.25) is 4.57 Å².